The van der Waals surface area contributed by atoms with Crippen LogP contribution in [-0.4, -0.2) is 29.8 Å². The van der Waals surface area contributed by atoms with Crippen LogP contribution in [0.2, 0.25) is 0 Å². The smallest absolute Gasteiger partial charge is 0.302 e. The molecule has 0 bridgehead atoms. The Balaban J connectivity index is 2.30. The fraction of sp³-hybridized carbons (Fsp3) is 0.692. The lowest BCUT2D eigenvalue weighted by molar-refractivity contribution is -0.183. The number of alkyl halides is 3. The molecule has 2 rings (SSSR count). The third-order valence-electron chi connectivity index (χ3n) is 4.16. The van der Waals surface area contributed by atoms with Crippen LogP contribution in [0.25, 0.3) is 0 Å². The second kappa shape index (κ2) is 6.36. The lowest BCUT2D eigenvalue weighted by Crippen LogP contribution is -2.45. The molecule has 0 aliphatic heterocycles. The topological polar surface area (TPSA) is 90.2 Å². The van der Waals surface area contributed by atoms with Crippen LogP contribution < -0.4 is 16.0 Å². The highest BCUT2D eigenvalue weighted by Crippen LogP contribution is 2.37. The number of halogens is 3. The van der Waals surface area contributed by atoms with Gasteiger partial charge in [-0.2, -0.15) is 13.2 Å². The SMILES string of the molecule is Cn1cc(S(=O)(=O)NC2CCCC(C(F)(F)F)C2)c(=O)n(C)c1=O. The molecule has 0 amide bonds. The number of hydrogen-bond acceptors (Lipinski definition) is 4. The van der Waals surface area contributed by atoms with E-state index in [2.05, 4.69) is 4.72 Å². The molecule has 1 aromatic heterocycles. The highest BCUT2D eigenvalue weighted by atomic mass is 32.2. The van der Waals surface area contributed by atoms with Gasteiger partial charge in [-0.25, -0.2) is 17.9 Å². The Hall–Kier alpha value is -1.62. The van der Waals surface area contributed by atoms with E-state index in [9.17, 15) is 31.2 Å². The Morgan fingerprint density at radius 3 is 2.42 bits per heavy atom. The van der Waals surface area contributed by atoms with Crippen molar-refractivity contribution in [1.29, 1.82) is 0 Å². The number of rotatable bonds is 3. The van der Waals surface area contributed by atoms with Crippen LogP contribution in [0.1, 0.15) is 25.7 Å². The summed E-state index contributed by atoms with van der Waals surface area (Å²) < 4.78 is 66.9. The maximum absolute atomic E-state index is 12.8. The molecule has 7 nitrogen and oxygen atoms in total. The van der Waals surface area contributed by atoms with Gasteiger partial charge in [0.15, 0.2) is 4.90 Å². The minimum atomic E-state index is -4.38. The summed E-state index contributed by atoms with van der Waals surface area (Å²) in [7, 11) is -1.92. The molecule has 1 aliphatic rings. The molecule has 24 heavy (non-hydrogen) atoms. The molecule has 11 heteroatoms. The first kappa shape index (κ1) is 18.7. The molecule has 1 fully saturated rings. The van der Waals surface area contributed by atoms with E-state index in [4.69, 9.17) is 0 Å². The molecule has 1 heterocycles. The van der Waals surface area contributed by atoms with Gasteiger partial charge in [-0.1, -0.05) is 6.42 Å². The second-order valence-electron chi connectivity index (χ2n) is 5.97. The first-order chi connectivity index (χ1) is 10.9. The van der Waals surface area contributed by atoms with E-state index in [-0.39, 0.29) is 25.7 Å². The maximum Gasteiger partial charge on any atom is 0.391 e. The van der Waals surface area contributed by atoms with Crippen molar-refractivity contribution in [3.8, 4) is 0 Å². The molecule has 2 atom stereocenters. The number of sulfonamides is 1. The molecular weight excluding hydrogens is 351 g/mol. The van der Waals surface area contributed by atoms with Crippen LogP contribution in [0.5, 0.6) is 0 Å². The lowest BCUT2D eigenvalue weighted by Gasteiger charge is -2.30. The Labute approximate surface area is 136 Å². The minimum Gasteiger partial charge on any atom is -0.302 e. The average Bonchev–Trinajstić information content (AvgIpc) is 2.47. The van der Waals surface area contributed by atoms with Gasteiger partial charge in [0.05, 0.1) is 5.92 Å². The van der Waals surface area contributed by atoms with E-state index in [1.807, 2.05) is 0 Å². The van der Waals surface area contributed by atoms with Crippen LogP contribution in [-0.2, 0) is 24.1 Å². The van der Waals surface area contributed by atoms with Crippen LogP contribution >= 0.6 is 0 Å². The molecule has 136 valence electrons. The van der Waals surface area contributed by atoms with Crippen molar-refractivity contribution in [2.24, 2.45) is 20.0 Å². The molecule has 0 spiro atoms. The van der Waals surface area contributed by atoms with Crippen LogP contribution in [0, 0.1) is 5.92 Å². The third-order valence-corrected chi connectivity index (χ3v) is 5.67. The lowest BCUT2D eigenvalue weighted by atomic mass is 9.86. The summed E-state index contributed by atoms with van der Waals surface area (Å²) in [4.78, 5) is 22.9. The van der Waals surface area contributed by atoms with Gasteiger partial charge in [0, 0.05) is 26.3 Å². The number of aryl methyl sites for hydroxylation is 1. The van der Waals surface area contributed by atoms with E-state index in [1.54, 1.807) is 0 Å². The molecule has 1 saturated carbocycles. The van der Waals surface area contributed by atoms with Crippen molar-refractivity contribution in [1.82, 2.24) is 13.9 Å². The molecule has 0 saturated heterocycles. The fourth-order valence-corrected chi connectivity index (χ4v) is 4.28. The molecule has 1 aliphatic carbocycles. The van der Waals surface area contributed by atoms with Gasteiger partial charge in [0.1, 0.15) is 0 Å². The molecule has 0 radical (unpaired) electrons. The van der Waals surface area contributed by atoms with Crippen LogP contribution in [0.3, 0.4) is 0 Å². The number of nitrogens with one attached hydrogen (secondary N) is 1. The molecule has 2 unspecified atom stereocenters. The Kier molecular flexibility index (Phi) is 4.96. The van der Waals surface area contributed by atoms with Crippen LogP contribution in [0.4, 0.5) is 13.2 Å². The van der Waals surface area contributed by atoms with Gasteiger partial charge in [-0.3, -0.25) is 9.36 Å². The maximum atomic E-state index is 12.8. The quantitative estimate of drug-likeness (QED) is 0.839. The van der Waals surface area contributed by atoms with E-state index >= 15 is 0 Å². The second-order valence-corrected chi connectivity index (χ2v) is 7.66. The molecule has 0 aromatic carbocycles. The average molecular weight is 369 g/mol. The normalized spacial score (nSPS) is 22.5. The van der Waals surface area contributed by atoms with Gasteiger partial charge in [0.2, 0.25) is 10.0 Å². The first-order valence-corrected chi connectivity index (χ1v) is 8.77. The minimum absolute atomic E-state index is 0.0384. The Morgan fingerprint density at radius 2 is 1.83 bits per heavy atom. The predicted molar refractivity (Wildman–Crippen MR) is 79.0 cm³/mol. The zero-order valence-corrected chi connectivity index (χ0v) is 13.9. The standard InChI is InChI=1S/C13H18F3N3O4S/c1-18-7-10(11(20)19(2)12(18)21)24(22,23)17-9-5-3-4-8(6-9)13(14,15)16/h7-9,17H,3-6H2,1-2H3. The first-order valence-electron chi connectivity index (χ1n) is 7.29. The summed E-state index contributed by atoms with van der Waals surface area (Å²) in [6.07, 6.45) is -3.41. The van der Waals surface area contributed by atoms with Gasteiger partial charge in [-0.05, 0) is 19.3 Å². The van der Waals surface area contributed by atoms with E-state index in [1.165, 1.54) is 7.05 Å². The van der Waals surface area contributed by atoms with Crippen molar-refractivity contribution >= 4 is 10.0 Å². The van der Waals surface area contributed by atoms with E-state index in [0.29, 0.717) is 4.57 Å². The molecular formula is C13H18F3N3O4S. The Bertz CT molecular complexity index is 841. The fourth-order valence-electron chi connectivity index (χ4n) is 2.84. The predicted octanol–water partition coefficient (Wildman–Crippen LogP) is 0.483. The largest absolute Gasteiger partial charge is 0.391 e. The molecule has 1 N–H and O–H groups in total. The summed E-state index contributed by atoms with van der Waals surface area (Å²) in [6, 6.07) is -0.905. The Morgan fingerprint density at radius 1 is 1.21 bits per heavy atom. The van der Waals surface area contributed by atoms with Gasteiger partial charge in [0.25, 0.3) is 5.56 Å². The van der Waals surface area contributed by atoms with E-state index in [0.717, 1.165) is 17.8 Å². The monoisotopic (exact) mass is 369 g/mol. The van der Waals surface area contributed by atoms with Crippen LogP contribution in [0.15, 0.2) is 20.7 Å². The van der Waals surface area contributed by atoms with Crippen molar-refractivity contribution in [2.45, 2.75) is 42.8 Å². The highest BCUT2D eigenvalue weighted by Gasteiger charge is 2.43. The number of nitrogens with zero attached hydrogens (tertiary/aromatic N) is 2. The van der Waals surface area contributed by atoms with E-state index < -0.39 is 44.3 Å². The zero-order chi connectivity index (χ0) is 18.3. The summed E-state index contributed by atoms with van der Waals surface area (Å²) >= 11 is 0. The number of aromatic nitrogens is 2. The summed E-state index contributed by atoms with van der Waals surface area (Å²) in [6.45, 7) is 0. The summed E-state index contributed by atoms with van der Waals surface area (Å²) in [5, 5.41) is 0. The van der Waals surface area contributed by atoms with Crippen molar-refractivity contribution in [3.05, 3.63) is 27.0 Å². The highest BCUT2D eigenvalue weighted by molar-refractivity contribution is 7.89. The summed E-state index contributed by atoms with van der Waals surface area (Å²) in [5.41, 5.74) is -1.72. The van der Waals surface area contributed by atoms with Gasteiger partial charge in [-0.15, -0.1) is 0 Å². The van der Waals surface area contributed by atoms with Crippen molar-refractivity contribution in [3.63, 3.8) is 0 Å². The van der Waals surface area contributed by atoms with Gasteiger partial charge < -0.3 is 4.57 Å². The number of hydrogen-bond donors (Lipinski definition) is 1. The summed E-state index contributed by atoms with van der Waals surface area (Å²) in [5.74, 6) is -1.57. The molecule has 1 aromatic rings. The van der Waals surface area contributed by atoms with Gasteiger partial charge >= 0.3 is 11.9 Å². The zero-order valence-electron chi connectivity index (χ0n) is 13.1. The third kappa shape index (κ3) is 3.72. The van der Waals surface area contributed by atoms with Crippen molar-refractivity contribution in [2.75, 3.05) is 0 Å². The van der Waals surface area contributed by atoms with Crippen molar-refractivity contribution < 1.29 is 21.6 Å².